The van der Waals surface area contributed by atoms with Gasteiger partial charge in [-0.1, -0.05) is 76.4 Å². The molecule has 23 heavy (non-hydrogen) atoms. The van der Waals surface area contributed by atoms with E-state index in [2.05, 4.69) is 88.6 Å². The first-order chi connectivity index (χ1) is 11.3. The third-order valence-corrected chi connectivity index (χ3v) is 4.69. The Hall–Kier alpha value is -2.56. The molecule has 0 bridgehead atoms. The average molecular weight is 357 g/mol. The van der Waals surface area contributed by atoms with Gasteiger partial charge in [0.05, 0.1) is 0 Å². The van der Waals surface area contributed by atoms with Crippen LogP contribution in [0.15, 0.2) is 77.3 Å². The number of hydrogen-bond acceptors (Lipinski definition) is 0. The molecule has 0 atom stereocenters. The molecule has 1 heteroatoms. The van der Waals surface area contributed by atoms with Gasteiger partial charge in [-0.25, -0.2) is 0 Å². The van der Waals surface area contributed by atoms with Gasteiger partial charge in [-0.15, -0.1) is 6.42 Å². The van der Waals surface area contributed by atoms with Crippen LogP contribution in [0.25, 0.3) is 32.7 Å². The van der Waals surface area contributed by atoms with Gasteiger partial charge in [0.15, 0.2) is 0 Å². The van der Waals surface area contributed by atoms with E-state index in [1.54, 1.807) is 0 Å². The monoisotopic (exact) mass is 356 g/mol. The lowest BCUT2D eigenvalue weighted by Gasteiger charge is -2.13. The highest BCUT2D eigenvalue weighted by atomic mass is 79.9. The van der Waals surface area contributed by atoms with E-state index >= 15 is 0 Å². The summed E-state index contributed by atoms with van der Waals surface area (Å²) in [7, 11) is 0. The molecular formula is C22H13Br. The van der Waals surface area contributed by atoms with Crippen molar-refractivity contribution in [1.29, 1.82) is 0 Å². The normalized spacial score (nSPS) is 10.8. The SMILES string of the molecule is C#Cc1ccc2ccccc2c1-c1cccc2cc(Br)ccc12. The highest BCUT2D eigenvalue weighted by Crippen LogP contribution is 2.37. The summed E-state index contributed by atoms with van der Waals surface area (Å²) in [6, 6.07) is 25.3. The van der Waals surface area contributed by atoms with Crippen molar-refractivity contribution in [2.24, 2.45) is 0 Å². The predicted molar refractivity (Wildman–Crippen MR) is 103 cm³/mol. The molecule has 0 heterocycles. The first kappa shape index (κ1) is 14.1. The first-order valence-electron chi connectivity index (χ1n) is 7.45. The van der Waals surface area contributed by atoms with E-state index < -0.39 is 0 Å². The summed E-state index contributed by atoms with van der Waals surface area (Å²) in [5.41, 5.74) is 3.25. The summed E-state index contributed by atoms with van der Waals surface area (Å²) in [5.74, 6) is 2.85. The molecule has 4 aromatic rings. The average Bonchev–Trinajstić information content (AvgIpc) is 2.60. The highest BCUT2D eigenvalue weighted by Gasteiger charge is 2.11. The van der Waals surface area contributed by atoms with Gasteiger partial charge in [0.1, 0.15) is 0 Å². The van der Waals surface area contributed by atoms with Gasteiger partial charge >= 0.3 is 0 Å². The third kappa shape index (κ3) is 2.32. The van der Waals surface area contributed by atoms with Crippen LogP contribution in [0.4, 0.5) is 0 Å². The van der Waals surface area contributed by atoms with Gasteiger partial charge in [0.25, 0.3) is 0 Å². The maximum absolute atomic E-state index is 5.79. The summed E-state index contributed by atoms with van der Waals surface area (Å²) in [4.78, 5) is 0. The van der Waals surface area contributed by atoms with Crippen LogP contribution in [0.5, 0.6) is 0 Å². The molecule has 0 amide bonds. The second kappa shape index (κ2) is 5.57. The fraction of sp³-hybridized carbons (Fsp3) is 0. The topological polar surface area (TPSA) is 0 Å². The molecule has 4 rings (SSSR count). The van der Waals surface area contributed by atoms with Crippen molar-refractivity contribution in [2.75, 3.05) is 0 Å². The van der Waals surface area contributed by atoms with Crippen molar-refractivity contribution in [1.82, 2.24) is 0 Å². The standard InChI is InChI=1S/C22H13Br/c1-2-15-10-11-16-6-3-4-8-20(16)22(15)21-9-5-7-17-14-18(23)12-13-19(17)21/h1,3-14H. The molecule has 0 spiro atoms. The Morgan fingerprint density at radius 1 is 0.739 bits per heavy atom. The van der Waals surface area contributed by atoms with Crippen LogP contribution in [0.1, 0.15) is 5.56 Å². The van der Waals surface area contributed by atoms with Gasteiger partial charge in [0, 0.05) is 15.6 Å². The van der Waals surface area contributed by atoms with Crippen LogP contribution in [-0.2, 0) is 0 Å². The lowest BCUT2D eigenvalue weighted by Crippen LogP contribution is -1.89. The molecule has 0 unspecified atom stereocenters. The van der Waals surface area contributed by atoms with Crippen LogP contribution >= 0.6 is 15.9 Å². The maximum Gasteiger partial charge on any atom is 0.0327 e. The van der Waals surface area contributed by atoms with Crippen LogP contribution < -0.4 is 0 Å². The number of benzene rings is 4. The van der Waals surface area contributed by atoms with E-state index in [0.29, 0.717) is 0 Å². The van der Waals surface area contributed by atoms with E-state index in [1.807, 2.05) is 6.07 Å². The Labute approximate surface area is 143 Å². The van der Waals surface area contributed by atoms with Gasteiger partial charge in [-0.3, -0.25) is 0 Å². The number of rotatable bonds is 1. The molecule has 0 nitrogen and oxygen atoms in total. The fourth-order valence-corrected chi connectivity index (χ4v) is 3.53. The summed E-state index contributed by atoms with van der Waals surface area (Å²) in [6.45, 7) is 0. The van der Waals surface area contributed by atoms with Crippen molar-refractivity contribution >= 4 is 37.5 Å². The Bertz CT molecular complexity index is 1080. The summed E-state index contributed by atoms with van der Waals surface area (Å²) in [5, 5.41) is 4.81. The van der Waals surface area contributed by atoms with Gasteiger partial charge in [-0.05, 0) is 45.3 Å². The van der Waals surface area contributed by atoms with E-state index in [-0.39, 0.29) is 0 Å². The van der Waals surface area contributed by atoms with Crippen molar-refractivity contribution in [3.8, 4) is 23.5 Å². The molecule has 0 fully saturated rings. The highest BCUT2D eigenvalue weighted by molar-refractivity contribution is 9.10. The zero-order valence-corrected chi connectivity index (χ0v) is 14.0. The number of halogens is 1. The zero-order chi connectivity index (χ0) is 15.8. The number of hydrogen-bond donors (Lipinski definition) is 0. The van der Waals surface area contributed by atoms with Crippen molar-refractivity contribution in [2.45, 2.75) is 0 Å². The van der Waals surface area contributed by atoms with Gasteiger partial charge in [0.2, 0.25) is 0 Å². The quantitative estimate of drug-likeness (QED) is 0.346. The predicted octanol–water partition coefficient (Wildman–Crippen LogP) is 6.40. The smallest absolute Gasteiger partial charge is 0.0327 e. The molecule has 0 radical (unpaired) electrons. The van der Waals surface area contributed by atoms with E-state index in [4.69, 9.17) is 6.42 Å². The van der Waals surface area contributed by atoms with Crippen molar-refractivity contribution in [3.05, 3.63) is 82.8 Å². The Balaban J connectivity index is 2.17. The minimum Gasteiger partial charge on any atom is -0.115 e. The Morgan fingerprint density at radius 2 is 1.57 bits per heavy atom. The molecule has 0 N–H and O–H groups in total. The molecule has 0 aromatic heterocycles. The van der Waals surface area contributed by atoms with Crippen molar-refractivity contribution in [3.63, 3.8) is 0 Å². The Morgan fingerprint density at radius 3 is 2.43 bits per heavy atom. The molecule has 0 aliphatic rings. The summed E-state index contributed by atoms with van der Waals surface area (Å²) >= 11 is 3.55. The molecule has 0 saturated heterocycles. The zero-order valence-electron chi connectivity index (χ0n) is 12.4. The van der Waals surface area contributed by atoms with Crippen LogP contribution in [0.2, 0.25) is 0 Å². The summed E-state index contributed by atoms with van der Waals surface area (Å²) < 4.78 is 1.08. The molecule has 0 saturated carbocycles. The minimum atomic E-state index is 0.930. The molecular weight excluding hydrogens is 344 g/mol. The van der Waals surface area contributed by atoms with E-state index in [1.165, 1.54) is 27.1 Å². The number of terminal acetylenes is 1. The summed E-state index contributed by atoms with van der Waals surface area (Å²) in [6.07, 6.45) is 5.79. The van der Waals surface area contributed by atoms with Gasteiger partial charge < -0.3 is 0 Å². The fourth-order valence-electron chi connectivity index (χ4n) is 3.15. The minimum absolute atomic E-state index is 0.930. The third-order valence-electron chi connectivity index (χ3n) is 4.20. The van der Waals surface area contributed by atoms with Crippen LogP contribution in [-0.4, -0.2) is 0 Å². The lowest BCUT2D eigenvalue weighted by atomic mass is 9.90. The first-order valence-corrected chi connectivity index (χ1v) is 8.24. The lowest BCUT2D eigenvalue weighted by molar-refractivity contribution is 1.64. The van der Waals surface area contributed by atoms with Crippen LogP contribution in [0, 0.1) is 12.3 Å². The van der Waals surface area contributed by atoms with Crippen molar-refractivity contribution < 1.29 is 0 Å². The number of fused-ring (bicyclic) bond motifs is 2. The molecule has 4 aromatic carbocycles. The van der Waals surface area contributed by atoms with Crippen LogP contribution in [0.3, 0.4) is 0 Å². The van der Waals surface area contributed by atoms with E-state index in [0.717, 1.165) is 15.6 Å². The molecule has 0 aliphatic heterocycles. The van der Waals surface area contributed by atoms with E-state index in [9.17, 15) is 0 Å². The second-order valence-electron chi connectivity index (χ2n) is 5.52. The largest absolute Gasteiger partial charge is 0.115 e. The van der Waals surface area contributed by atoms with Gasteiger partial charge in [-0.2, -0.15) is 0 Å². The molecule has 108 valence electrons. The maximum atomic E-state index is 5.79. The molecule has 0 aliphatic carbocycles. The second-order valence-corrected chi connectivity index (χ2v) is 6.44. The Kier molecular flexibility index (Phi) is 3.41.